The summed E-state index contributed by atoms with van der Waals surface area (Å²) >= 11 is 1.54. The first-order valence-electron chi connectivity index (χ1n) is 16.6. The third-order valence-corrected chi connectivity index (χ3v) is 11.2. The molecule has 3 fully saturated rings. The molecule has 0 bridgehead atoms. The van der Waals surface area contributed by atoms with E-state index in [1.54, 1.807) is 18.6 Å². The average molecular weight is 660 g/mol. The third kappa shape index (κ3) is 5.99. The number of allylic oxidation sites excluding steroid dienone is 1. The highest BCUT2D eigenvalue weighted by atomic mass is 32.1. The van der Waals surface area contributed by atoms with Crippen LogP contribution in [0.2, 0.25) is 0 Å². The Morgan fingerprint density at radius 2 is 2.04 bits per heavy atom. The van der Waals surface area contributed by atoms with E-state index in [0.29, 0.717) is 40.1 Å². The van der Waals surface area contributed by atoms with Crippen LogP contribution in [0.1, 0.15) is 94.8 Å². The van der Waals surface area contributed by atoms with Crippen LogP contribution in [-0.2, 0) is 16.6 Å². The second kappa shape index (κ2) is 12.2. The molecule has 47 heavy (non-hydrogen) atoms. The van der Waals surface area contributed by atoms with Gasteiger partial charge in [-0.2, -0.15) is 10.2 Å². The summed E-state index contributed by atoms with van der Waals surface area (Å²) in [7, 11) is 3.78. The molecule has 250 valence electrons. The van der Waals surface area contributed by atoms with Gasteiger partial charge in [-0.05, 0) is 96.1 Å². The standard InChI is InChI=1S/C35H45N7O4S/c1-19-22-16-25(42(28(19)22)33(44)46-34(3,4)5)20(2)45-32-38-15-12-24(40-32)29(43)21-10-8-13-35(30(21)37)14-9-11-26-27(35)23(17-36)31(47-26)39-18-41(6)7/h12,15,18-20,22,25,28,37,43H,8-11,13-14,16H2,1-7H3/b29-21-,37-30?,39-18+/t19-,20-,22?,25-,28-,35-/m0/s1. The number of thiophene rings is 1. The zero-order chi connectivity index (χ0) is 33.8. The quantitative estimate of drug-likeness (QED) is 0.196. The smallest absolute Gasteiger partial charge is 0.410 e. The SMILES string of the molecule is C[C@H](Oc1nccc(/C(O)=C2\CCC[C@@]3(CCCc4sc(/N=C/N(C)C)c(C#N)c43)C2=N)n1)[C@@H]1CC2[C@H]([C@H]2C)N1C(=O)OC(C)(C)C. The third-order valence-electron chi connectivity index (χ3n) is 10.1. The van der Waals surface area contributed by atoms with Crippen LogP contribution >= 0.6 is 11.3 Å². The van der Waals surface area contributed by atoms with Crippen molar-refractivity contribution in [3.8, 4) is 12.1 Å². The Balaban J connectivity index is 1.26. The number of rotatable bonds is 6. The normalized spacial score (nSPS) is 28.5. The van der Waals surface area contributed by atoms with Gasteiger partial charge < -0.3 is 24.9 Å². The number of aryl methyl sites for hydroxylation is 1. The van der Waals surface area contributed by atoms with E-state index < -0.39 is 17.1 Å². The van der Waals surface area contributed by atoms with Gasteiger partial charge in [-0.1, -0.05) is 6.92 Å². The van der Waals surface area contributed by atoms with Crippen LogP contribution in [0.4, 0.5) is 9.80 Å². The Hall–Kier alpha value is -3.98. The largest absolute Gasteiger partial charge is 0.505 e. The molecular weight excluding hydrogens is 614 g/mol. The molecule has 2 saturated carbocycles. The van der Waals surface area contributed by atoms with Crippen molar-refractivity contribution in [1.29, 1.82) is 10.7 Å². The first-order chi connectivity index (χ1) is 22.3. The Labute approximate surface area is 280 Å². The van der Waals surface area contributed by atoms with Crippen molar-refractivity contribution < 1.29 is 19.4 Å². The van der Waals surface area contributed by atoms with E-state index in [0.717, 1.165) is 49.0 Å². The van der Waals surface area contributed by atoms with Gasteiger partial charge in [-0.25, -0.2) is 14.8 Å². The number of aliphatic hydroxyl groups excluding tert-OH is 1. The van der Waals surface area contributed by atoms with Gasteiger partial charge in [0, 0.05) is 47.9 Å². The van der Waals surface area contributed by atoms with Crippen molar-refractivity contribution in [2.45, 2.75) is 109 Å². The number of fused-ring (bicyclic) bond motifs is 3. The zero-order valence-corrected chi connectivity index (χ0v) is 29.1. The molecule has 2 aromatic heterocycles. The molecular formula is C35H45N7O4S. The minimum atomic E-state index is -0.658. The number of hydrogen-bond donors (Lipinski definition) is 2. The number of amides is 1. The number of aliphatic hydroxyl groups is 1. The molecule has 11 nitrogen and oxygen atoms in total. The molecule has 6 rings (SSSR count). The van der Waals surface area contributed by atoms with Crippen molar-refractivity contribution in [2.75, 3.05) is 14.1 Å². The molecule has 4 aliphatic rings. The Morgan fingerprint density at radius 3 is 2.72 bits per heavy atom. The van der Waals surface area contributed by atoms with Crippen LogP contribution in [0.3, 0.4) is 0 Å². The van der Waals surface area contributed by atoms with Crippen molar-refractivity contribution in [3.05, 3.63) is 39.5 Å². The number of likely N-dealkylation sites (tertiary alicyclic amines) is 1. The lowest BCUT2D eigenvalue weighted by molar-refractivity contribution is 0.00223. The number of aliphatic imine (C=N–C) groups is 1. The number of hydrogen-bond acceptors (Lipinski definition) is 10. The van der Waals surface area contributed by atoms with Gasteiger partial charge in [0.1, 0.15) is 34.2 Å². The van der Waals surface area contributed by atoms with Gasteiger partial charge in [-0.15, -0.1) is 11.3 Å². The molecule has 12 heteroatoms. The van der Waals surface area contributed by atoms with E-state index in [4.69, 9.17) is 9.47 Å². The molecule has 1 spiro atoms. The van der Waals surface area contributed by atoms with Crippen LogP contribution in [0.15, 0.2) is 22.8 Å². The summed E-state index contributed by atoms with van der Waals surface area (Å²) in [5.41, 5.74) is 1.36. The maximum absolute atomic E-state index is 13.2. The monoisotopic (exact) mass is 659 g/mol. The number of aromatic nitrogens is 2. The highest BCUT2D eigenvalue weighted by molar-refractivity contribution is 7.16. The van der Waals surface area contributed by atoms with Crippen LogP contribution in [0, 0.1) is 28.6 Å². The summed E-state index contributed by atoms with van der Waals surface area (Å²) in [5, 5.41) is 32.1. The molecule has 1 amide bonds. The Kier molecular flexibility index (Phi) is 8.57. The van der Waals surface area contributed by atoms with Crippen LogP contribution in [-0.4, -0.2) is 80.9 Å². The fraction of sp³-hybridized carbons (Fsp3) is 0.600. The van der Waals surface area contributed by atoms with Crippen LogP contribution in [0.5, 0.6) is 6.01 Å². The van der Waals surface area contributed by atoms with E-state index in [9.17, 15) is 20.6 Å². The summed E-state index contributed by atoms with van der Waals surface area (Å²) in [4.78, 5) is 31.5. The molecule has 2 N–H and O–H groups in total. The number of nitriles is 1. The second-order valence-electron chi connectivity index (χ2n) is 14.6. The van der Waals surface area contributed by atoms with E-state index in [1.165, 1.54) is 11.3 Å². The Bertz CT molecular complexity index is 1680. The summed E-state index contributed by atoms with van der Waals surface area (Å²) in [6, 6.07) is 4.09. The molecule has 1 unspecified atom stereocenters. The summed E-state index contributed by atoms with van der Waals surface area (Å²) in [6.45, 7) is 9.68. The molecule has 2 aromatic rings. The summed E-state index contributed by atoms with van der Waals surface area (Å²) in [5.74, 6) is 0.788. The van der Waals surface area contributed by atoms with E-state index in [1.807, 2.05) is 51.6 Å². The predicted octanol–water partition coefficient (Wildman–Crippen LogP) is 6.79. The zero-order valence-electron chi connectivity index (χ0n) is 28.3. The second-order valence-corrected chi connectivity index (χ2v) is 15.7. The van der Waals surface area contributed by atoms with Crippen LogP contribution in [0.25, 0.3) is 5.76 Å². The van der Waals surface area contributed by atoms with Crippen molar-refractivity contribution in [3.63, 3.8) is 0 Å². The molecule has 0 aromatic carbocycles. The number of carbonyl (C=O) groups excluding carboxylic acids is 1. The maximum atomic E-state index is 13.2. The minimum absolute atomic E-state index is 0.0630. The van der Waals surface area contributed by atoms with E-state index in [-0.39, 0.29) is 35.6 Å². The van der Waals surface area contributed by atoms with Crippen LogP contribution < -0.4 is 4.74 Å². The fourth-order valence-corrected chi connectivity index (χ4v) is 9.13. The predicted molar refractivity (Wildman–Crippen MR) is 182 cm³/mol. The topological polar surface area (TPSA) is 148 Å². The van der Waals surface area contributed by atoms with Crippen molar-refractivity contribution >= 4 is 40.2 Å². The summed E-state index contributed by atoms with van der Waals surface area (Å²) < 4.78 is 12.0. The van der Waals surface area contributed by atoms with Crippen molar-refractivity contribution in [2.24, 2.45) is 16.8 Å². The maximum Gasteiger partial charge on any atom is 0.410 e. The molecule has 3 aliphatic carbocycles. The highest BCUT2D eigenvalue weighted by Crippen LogP contribution is 2.55. The molecule has 1 aliphatic heterocycles. The summed E-state index contributed by atoms with van der Waals surface area (Å²) in [6.07, 6.45) is 7.86. The molecule has 1 saturated heterocycles. The molecule has 6 atom stereocenters. The van der Waals surface area contributed by atoms with E-state index >= 15 is 0 Å². The Morgan fingerprint density at radius 1 is 1.32 bits per heavy atom. The highest BCUT2D eigenvalue weighted by Gasteiger charge is 2.62. The van der Waals surface area contributed by atoms with Gasteiger partial charge in [0.15, 0.2) is 0 Å². The van der Waals surface area contributed by atoms with Gasteiger partial charge in [0.05, 0.1) is 17.9 Å². The van der Waals surface area contributed by atoms with Crippen molar-refractivity contribution in [1.82, 2.24) is 19.8 Å². The van der Waals surface area contributed by atoms with Gasteiger partial charge in [-0.3, -0.25) is 4.90 Å². The number of piperidine rings is 1. The number of nitrogens with zero attached hydrogens (tertiary/aromatic N) is 6. The number of carbonyl (C=O) groups is 1. The van der Waals surface area contributed by atoms with E-state index in [2.05, 4.69) is 28.0 Å². The van der Waals surface area contributed by atoms with Gasteiger partial charge in [0.2, 0.25) is 0 Å². The number of ether oxygens (including phenoxy) is 2. The number of nitrogens with one attached hydrogen (secondary N) is 1. The van der Waals surface area contributed by atoms with Gasteiger partial charge in [0.25, 0.3) is 0 Å². The average Bonchev–Trinajstić information content (AvgIpc) is 3.32. The molecule has 0 radical (unpaired) electrons. The lowest BCUT2D eigenvalue weighted by Gasteiger charge is -2.42. The fourth-order valence-electron chi connectivity index (χ4n) is 7.90. The lowest BCUT2D eigenvalue weighted by Crippen LogP contribution is -2.48. The first kappa shape index (κ1) is 32.9. The van der Waals surface area contributed by atoms with Gasteiger partial charge >= 0.3 is 12.1 Å². The molecule has 3 heterocycles. The lowest BCUT2D eigenvalue weighted by atomic mass is 9.60. The minimum Gasteiger partial charge on any atom is -0.505 e. The first-order valence-corrected chi connectivity index (χ1v) is 17.4.